The molecule has 0 aromatic carbocycles. The number of nitrogens with one attached hydrogen (secondary N) is 1. The zero-order chi connectivity index (χ0) is 15.7. The molecule has 1 saturated heterocycles. The van der Waals surface area contributed by atoms with Crippen molar-refractivity contribution < 1.29 is 38.8 Å². The smallest absolute Gasteiger partial charge is 0.333 e. The van der Waals surface area contributed by atoms with Gasteiger partial charge in [-0.2, -0.15) is 0 Å². The van der Waals surface area contributed by atoms with Gasteiger partial charge >= 0.3 is 5.97 Å². The van der Waals surface area contributed by atoms with E-state index in [1.165, 1.54) is 0 Å². The highest BCUT2D eigenvalue weighted by Gasteiger charge is 2.33. The molecule has 9 heteroatoms. The van der Waals surface area contributed by atoms with Gasteiger partial charge in [-0.25, -0.2) is 4.79 Å². The Bertz CT molecular complexity index is 361. The predicted molar refractivity (Wildman–Crippen MR) is 67.4 cm³/mol. The van der Waals surface area contributed by atoms with Crippen LogP contribution in [-0.2, 0) is 28.6 Å². The lowest BCUT2D eigenvalue weighted by Crippen LogP contribution is -2.41. The maximum Gasteiger partial charge on any atom is 0.333 e. The van der Waals surface area contributed by atoms with E-state index in [0.717, 1.165) is 0 Å². The standard InChI is InChI=1S/C12H19NO8/c14-2-1-13-10(16)7-19-3-4-20-11-6-8(15)5-9(21-11)12(17)18/h2,8-9,11,15H,1,3-7H2,(H,13,16)(H,17,18). The monoisotopic (exact) mass is 305 g/mol. The second-order valence-electron chi connectivity index (χ2n) is 4.41. The molecule has 0 bridgehead atoms. The summed E-state index contributed by atoms with van der Waals surface area (Å²) in [5, 5.41) is 20.7. The van der Waals surface area contributed by atoms with Gasteiger partial charge < -0.3 is 34.5 Å². The molecule has 0 radical (unpaired) electrons. The number of hydrogen-bond donors (Lipinski definition) is 3. The Morgan fingerprint density at radius 3 is 2.76 bits per heavy atom. The maximum atomic E-state index is 11.1. The molecular formula is C12H19NO8. The second kappa shape index (κ2) is 9.40. The molecule has 1 aliphatic heterocycles. The molecule has 0 saturated carbocycles. The topological polar surface area (TPSA) is 131 Å². The van der Waals surface area contributed by atoms with Crippen LogP contribution in [0.3, 0.4) is 0 Å². The number of aliphatic carboxylic acids is 1. The lowest BCUT2D eigenvalue weighted by molar-refractivity contribution is -0.224. The molecule has 1 heterocycles. The fraction of sp³-hybridized carbons (Fsp3) is 0.750. The number of carboxylic acids is 1. The number of carboxylic acid groups (broad SMARTS) is 1. The summed E-state index contributed by atoms with van der Waals surface area (Å²) in [7, 11) is 0. The third-order valence-electron chi connectivity index (χ3n) is 2.69. The highest BCUT2D eigenvalue weighted by molar-refractivity contribution is 5.79. The molecule has 3 atom stereocenters. The van der Waals surface area contributed by atoms with E-state index in [1.54, 1.807) is 0 Å². The molecule has 1 rings (SSSR count). The van der Waals surface area contributed by atoms with Crippen molar-refractivity contribution in [2.75, 3.05) is 26.4 Å². The molecule has 3 unspecified atom stereocenters. The van der Waals surface area contributed by atoms with Gasteiger partial charge in [-0.05, 0) is 0 Å². The minimum absolute atomic E-state index is 0.0304. The van der Waals surface area contributed by atoms with Gasteiger partial charge in [-0.1, -0.05) is 0 Å². The van der Waals surface area contributed by atoms with Crippen molar-refractivity contribution in [2.24, 2.45) is 0 Å². The zero-order valence-electron chi connectivity index (χ0n) is 11.4. The summed E-state index contributed by atoms with van der Waals surface area (Å²) in [6, 6.07) is 0. The van der Waals surface area contributed by atoms with Gasteiger partial charge in [0.2, 0.25) is 5.91 Å². The molecule has 21 heavy (non-hydrogen) atoms. The van der Waals surface area contributed by atoms with Crippen molar-refractivity contribution in [2.45, 2.75) is 31.3 Å². The fourth-order valence-electron chi connectivity index (χ4n) is 1.74. The van der Waals surface area contributed by atoms with Crippen LogP contribution in [0, 0.1) is 0 Å². The summed E-state index contributed by atoms with van der Waals surface area (Å²) >= 11 is 0. The lowest BCUT2D eigenvalue weighted by atomic mass is 10.1. The number of hydrogen-bond acceptors (Lipinski definition) is 7. The van der Waals surface area contributed by atoms with Crippen LogP contribution in [-0.4, -0.2) is 73.2 Å². The summed E-state index contributed by atoms with van der Waals surface area (Å²) in [6.45, 7) is -0.0843. The molecule has 1 amide bonds. The first-order valence-corrected chi connectivity index (χ1v) is 6.49. The number of amides is 1. The number of carbonyl (C=O) groups excluding carboxylic acids is 2. The zero-order valence-corrected chi connectivity index (χ0v) is 11.4. The maximum absolute atomic E-state index is 11.1. The van der Waals surface area contributed by atoms with Crippen molar-refractivity contribution in [1.82, 2.24) is 5.32 Å². The fourth-order valence-corrected chi connectivity index (χ4v) is 1.74. The summed E-state index contributed by atoms with van der Waals surface area (Å²) < 4.78 is 15.4. The Balaban J connectivity index is 2.13. The molecule has 1 fully saturated rings. The van der Waals surface area contributed by atoms with Gasteiger partial charge in [0.05, 0.1) is 25.9 Å². The van der Waals surface area contributed by atoms with Gasteiger partial charge in [0, 0.05) is 12.8 Å². The van der Waals surface area contributed by atoms with Crippen LogP contribution < -0.4 is 5.32 Å². The van der Waals surface area contributed by atoms with Gasteiger partial charge in [-0.3, -0.25) is 4.79 Å². The average molecular weight is 305 g/mol. The first-order chi connectivity index (χ1) is 10.0. The number of aldehydes is 1. The summed E-state index contributed by atoms with van der Waals surface area (Å²) in [4.78, 5) is 31.9. The van der Waals surface area contributed by atoms with Crippen LogP contribution in [0.2, 0.25) is 0 Å². The quantitative estimate of drug-likeness (QED) is 0.339. The average Bonchev–Trinajstić information content (AvgIpc) is 2.44. The second-order valence-corrected chi connectivity index (χ2v) is 4.41. The van der Waals surface area contributed by atoms with Crippen molar-refractivity contribution in [3.05, 3.63) is 0 Å². The van der Waals surface area contributed by atoms with Crippen LogP contribution in [0.25, 0.3) is 0 Å². The highest BCUT2D eigenvalue weighted by atomic mass is 16.7. The molecule has 120 valence electrons. The van der Waals surface area contributed by atoms with Crippen LogP contribution in [0.1, 0.15) is 12.8 Å². The number of carbonyl (C=O) groups is 3. The Kier molecular flexibility index (Phi) is 7.83. The molecule has 3 N–H and O–H groups in total. The van der Waals surface area contributed by atoms with E-state index in [1.807, 2.05) is 0 Å². The van der Waals surface area contributed by atoms with E-state index in [9.17, 15) is 19.5 Å². The highest BCUT2D eigenvalue weighted by Crippen LogP contribution is 2.20. The minimum Gasteiger partial charge on any atom is -0.479 e. The molecule has 0 aromatic heterocycles. The molecule has 9 nitrogen and oxygen atoms in total. The molecular weight excluding hydrogens is 286 g/mol. The number of aliphatic hydroxyl groups is 1. The van der Waals surface area contributed by atoms with Crippen LogP contribution >= 0.6 is 0 Å². The Hall–Kier alpha value is -1.55. The van der Waals surface area contributed by atoms with Gasteiger partial charge in [-0.15, -0.1) is 0 Å². The van der Waals surface area contributed by atoms with E-state index in [0.29, 0.717) is 6.29 Å². The summed E-state index contributed by atoms with van der Waals surface area (Å²) in [5.41, 5.74) is 0. The molecule has 1 aliphatic rings. The van der Waals surface area contributed by atoms with E-state index in [-0.39, 0.29) is 39.2 Å². The van der Waals surface area contributed by atoms with E-state index >= 15 is 0 Å². The number of aliphatic hydroxyl groups excluding tert-OH is 1. The van der Waals surface area contributed by atoms with Gasteiger partial charge in [0.15, 0.2) is 12.4 Å². The molecule has 0 aromatic rings. The normalized spacial score (nSPS) is 25.3. The summed E-state index contributed by atoms with van der Waals surface area (Å²) in [6.07, 6.45) is -1.92. The molecule has 0 spiro atoms. The largest absolute Gasteiger partial charge is 0.479 e. The van der Waals surface area contributed by atoms with Crippen LogP contribution in [0.4, 0.5) is 0 Å². The summed E-state index contributed by atoms with van der Waals surface area (Å²) in [5.74, 6) is -1.57. The first kappa shape index (κ1) is 17.5. The van der Waals surface area contributed by atoms with Crippen molar-refractivity contribution >= 4 is 18.2 Å². The van der Waals surface area contributed by atoms with Crippen molar-refractivity contribution in [3.8, 4) is 0 Å². The SMILES string of the molecule is O=CCNC(=O)COCCOC1CC(O)CC(C(=O)O)O1. The number of ether oxygens (including phenoxy) is 3. The predicted octanol–water partition coefficient (Wildman–Crippen LogP) is -1.71. The van der Waals surface area contributed by atoms with E-state index in [2.05, 4.69) is 5.32 Å². The van der Waals surface area contributed by atoms with Crippen LogP contribution in [0.5, 0.6) is 0 Å². The third kappa shape index (κ3) is 7.14. The Morgan fingerprint density at radius 1 is 1.33 bits per heavy atom. The van der Waals surface area contributed by atoms with Crippen molar-refractivity contribution in [3.63, 3.8) is 0 Å². The molecule has 0 aliphatic carbocycles. The minimum atomic E-state index is -1.15. The van der Waals surface area contributed by atoms with Gasteiger partial charge in [0.25, 0.3) is 0 Å². The lowest BCUT2D eigenvalue weighted by Gasteiger charge is -2.30. The third-order valence-corrected chi connectivity index (χ3v) is 2.69. The van der Waals surface area contributed by atoms with Crippen molar-refractivity contribution in [1.29, 1.82) is 0 Å². The first-order valence-electron chi connectivity index (χ1n) is 6.49. The Labute approximate surface area is 121 Å². The van der Waals surface area contributed by atoms with E-state index in [4.69, 9.17) is 19.3 Å². The van der Waals surface area contributed by atoms with E-state index < -0.39 is 30.4 Å². The van der Waals surface area contributed by atoms with Crippen LogP contribution in [0.15, 0.2) is 0 Å². The number of rotatable bonds is 9. The van der Waals surface area contributed by atoms with Gasteiger partial charge in [0.1, 0.15) is 12.9 Å². The Morgan fingerprint density at radius 2 is 2.10 bits per heavy atom.